The van der Waals surface area contributed by atoms with Crippen LogP contribution in [0, 0.1) is 17.4 Å². The predicted molar refractivity (Wildman–Crippen MR) is 115 cm³/mol. The zero-order valence-electron chi connectivity index (χ0n) is 15.3. The topological polar surface area (TPSA) is 73.4 Å². The molecule has 1 aromatic heterocycles. The number of aliphatic hydroxyl groups is 1. The molecule has 27 heavy (non-hydrogen) atoms. The van der Waals surface area contributed by atoms with Crippen LogP contribution in [0.25, 0.3) is 10.9 Å². The number of aromatic nitrogens is 1. The first-order chi connectivity index (χ1) is 12.9. The van der Waals surface area contributed by atoms with Crippen molar-refractivity contribution in [2.75, 3.05) is 13.2 Å². The summed E-state index contributed by atoms with van der Waals surface area (Å²) < 4.78 is 0.835. The van der Waals surface area contributed by atoms with Gasteiger partial charge in [0.1, 0.15) is 0 Å². The highest BCUT2D eigenvalue weighted by Crippen LogP contribution is 2.20. The van der Waals surface area contributed by atoms with Gasteiger partial charge in [-0.15, -0.1) is 0 Å². The molecule has 0 saturated heterocycles. The molecular formula is C21H21IN2O3. The number of benzene rings is 2. The molecular weight excluding hydrogens is 455 g/mol. The van der Waals surface area contributed by atoms with E-state index < -0.39 is 0 Å². The van der Waals surface area contributed by atoms with E-state index in [2.05, 4.69) is 27.6 Å². The molecule has 140 valence electrons. The van der Waals surface area contributed by atoms with Gasteiger partial charge in [0, 0.05) is 15.7 Å². The van der Waals surface area contributed by atoms with Gasteiger partial charge in [-0.25, -0.2) is 0 Å². The maximum absolute atomic E-state index is 12.9. The van der Waals surface area contributed by atoms with Crippen LogP contribution < -0.4 is 5.56 Å². The number of carbonyl (C=O) groups excluding carboxylic acids is 1. The van der Waals surface area contributed by atoms with E-state index in [1.54, 1.807) is 12.1 Å². The minimum absolute atomic E-state index is 0.141. The van der Waals surface area contributed by atoms with Crippen LogP contribution in [-0.2, 0) is 6.54 Å². The fourth-order valence-electron chi connectivity index (χ4n) is 3.23. The summed E-state index contributed by atoms with van der Waals surface area (Å²) in [5.41, 5.74) is 3.78. The molecule has 6 heteroatoms. The molecule has 1 amide bonds. The average Bonchev–Trinajstić information content (AvgIpc) is 2.62. The first kappa shape index (κ1) is 19.6. The first-order valence-electron chi connectivity index (χ1n) is 8.68. The zero-order chi connectivity index (χ0) is 19.6. The molecule has 0 aliphatic heterocycles. The molecule has 0 saturated carbocycles. The van der Waals surface area contributed by atoms with E-state index in [1.807, 2.05) is 44.2 Å². The summed E-state index contributed by atoms with van der Waals surface area (Å²) in [5, 5.41) is 10.3. The summed E-state index contributed by atoms with van der Waals surface area (Å²) in [7, 11) is 0. The lowest BCUT2D eigenvalue weighted by molar-refractivity contribution is 0.0706. The van der Waals surface area contributed by atoms with Crippen LogP contribution in [0.5, 0.6) is 0 Å². The molecule has 0 atom stereocenters. The van der Waals surface area contributed by atoms with E-state index in [0.717, 1.165) is 25.6 Å². The van der Waals surface area contributed by atoms with Gasteiger partial charge in [0.25, 0.3) is 11.5 Å². The normalized spacial score (nSPS) is 11.0. The molecule has 1 heterocycles. The third-order valence-electron chi connectivity index (χ3n) is 4.49. The summed E-state index contributed by atoms with van der Waals surface area (Å²) in [6.07, 6.45) is 0. The van der Waals surface area contributed by atoms with Crippen molar-refractivity contribution in [1.82, 2.24) is 9.88 Å². The number of nitrogens with zero attached hydrogens (tertiary/aromatic N) is 1. The Kier molecular flexibility index (Phi) is 5.96. The molecule has 0 bridgehead atoms. The summed E-state index contributed by atoms with van der Waals surface area (Å²) >= 11 is 2.12. The number of aliphatic hydroxyl groups excluding tert-OH is 1. The van der Waals surface area contributed by atoms with Crippen LogP contribution in [-0.4, -0.2) is 34.0 Å². The SMILES string of the molecule is Cc1cc(C)c2[nH]c(=O)c(CN(CCO)C(=O)c3ccccc3I)cc2c1. The van der Waals surface area contributed by atoms with E-state index in [1.165, 1.54) is 4.90 Å². The smallest absolute Gasteiger partial charge is 0.255 e. The zero-order valence-corrected chi connectivity index (χ0v) is 17.4. The Balaban J connectivity index is 1.99. The van der Waals surface area contributed by atoms with Crippen LogP contribution in [0.1, 0.15) is 27.0 Å². The number of aryl methyl sites for hydroxylation is 2. The van der Waals surface area contributed by atoms with Crippen molar-refractivity contribution in [2.24, 2.45) is 0 Å². The lowest BCUT2D eigenvalue weighted by Crippen LogP contribution is -2.35. The molecule has 3 rings (SSSR count). The van der Waals surface area contributed by atoms with Gasteiger partial charge in [-0.1, -0.05) is 23.8 Å². The van der Waals surface area contributed by atoms with Gasteiger partial charge in [-0.3, -0.25) is 9.59 Å². The molecule has 2 aromatic carbocycles. The molecule has 0 fully saturated rings. The molecule has 0 unspecified atom stereocenters. The minimum atomic E-state index is -0.215. The van der Waals surface area contributed by atoms with Crippen molar-refractivity contribution >= 4 is 39.4 Å². The standard InChI is InChI=1S/C21H21IN2O3/c1-13-9-14(2)19-15(10-13)11-16(20(26)23-19)12-24(7-8-25)21(27)17-5-3-4-6-18(17)22/h3-6,9-11,25H,7-8,12H2,1-2H3,(H,23,26). The second-order valence-corrected chi connectivity index (χ2v) is 7.76. The van der Waals surface area contributed by atoms with Crippen molar-refractivity contribution < 1.29 is 9.90 Å². The molecule has 5 nitrogen and oxygen atoms in total. The van der Waals surface area contributed by atoms with Crippen LogP contribution in [0.15, 0.2) is 47.3 Å². The summed E-state index contributed by atoms with van der Waals surface area (Å²) in [6.45, 7) is 4.11. The predicted octanol–water partition coefficient (Wildman–Crippen LogP) is 3.38. The molecule has 3 aromatic rings. The van der Waals surface area contributed by atoms with E-state index in [4.69, 9.17) is 0 Å². The third kappa shape index (κ3) is 4.22. The molecule has 0 aliphatic rings. The number of hydrogen-bond donors (Lipinski definition) is 2. The second kappa shape index (κ2) is 8.22. The number of amides is 1. The number of halogens is 1. The van der Waals surface area contributed by atoms with E-state index in [9.17, 15) is 14.7 Å². The quantitative estimate of drug-likeness (QED) is 0.555. The highest BCUT2D eigenvalue weighted by molar-refractivity contribution is 14.1. The highest BCUT2D eigenvalue weighted by atomic mass is 127. The van der Waals surface area contributed by atoms with Crippen molar-refractivity contribution in [3.8, 4) is 0 Å². The number of fused-ring (bicyclic) bond motifs is 1. The number of pyridine rings is 1. The molecule has 0 aliphatic carbocycles. The Bertz CT molecular complexity index is 1060. The van der Waals surface area contributed by atoms with E-state index >= 15 is 0 Å². The Morgan fingerprint density at radius 3 is 2.63 bits per heavy atom. The fourth-order valence-corrected chi connectivity index (χ4v) is 3.85. The van der Waals surface area contributed by atoms with Gasteiger partial charge < -0.3 is 15.0 Å². The number of nitrogens with one attached hydrogen (secondary N) is 1. The van der Waals surface area contributed by atoms with Gasteiger partial charge >= 0.3 is 0 Å². The second-order valence-electron chi connectivity index (χ2n) is 6.60. The first-order valence-corrected chi connectivity index (χ1v) is 9.76. The van der Waals surface area contributed by atoms with Crippen molar-refractivity contribution in [3.63, 3.8) is 0 Å². The number of carbonyl (C=O) groups is 1. The maximum atomic E-state index is 12.9. The van der Waals surface area contributed by atoms with Crippen LogP contribution in [0.3, 0.4) is 0 Å². The van der Waals surface area contributed by atoms with Crippen molar-refractivity contribution in [2.45, 2.75) is 20.4 Å². The number of aromatic amines is 1. The monoisotopic (exact) mass is 476 g/mol. The van der Waals surface area contributed by atoms with Crippen molar-refractivity contribution in [1.29, 1.82) is 0 Å². The van der Waals surface area contributed by atoms with Gasteiger partial charge in [0.2, 0.25) is 0 Å². The van der Waals surface area contributed by atoms with Gasteiger partial charge in [-0.05, 0) is 71.7 Å². The largest absolute Gasteiger partial charge is 0.395 e. The lowest BCUT2D eigenvalue weighted by atomic mass is 10.0. The van der Waals surface area contributed by atoms with Gasteiger partial charge in [0.05, 0.1) is 24.2 Å². The summed E-state index contributed by atoms with van der Waals surface area (Å²) in [4.78, 5) is 30.0. The minimum Gasteiger partial charge on any atom is -0.395 e. The Hall–Kier alpha value is -2.19. The number of H-pyrrole nitrogens is 1. The Morgan fingerprint density at radius 1 is 1.19 bits per heavy atom. The van der Waals surface area contributed by atoms with Gasteiger partial charge in [0.15, 0.2) is 0 Å². The summed E-state index contributed by atoms with van der Waals surface area (Å²) in [5.74, 6) is -0.200. The Labute approximate surface area is 171 Å². The van der Waals surface area contributed by atoms with Crippen LogP contribution in [0.4, 0.5) is 0 Å². The maximum Gasteiger partial charge on any atom is 0.255 e. The van der Waals surface area contributed by atoms with Gasteiger partial charge in [-0.2, -0.15) is 0 Å². The highest BCUT2D eigenvalue weighted by Gasteiger charge is 2.19. The third-order valence-corrected chi connectivity index (χ3v) is 5.43. The van der Waals surface area contributed by atoms with Crippen LogP contribution in [0.2, 0.25) is 0 Å². The number of rotatable bonds is 5. The fraction of sp³-hybridized carbons (Fsp3) is 0.238. The molecule has 0 radical (unpaired) electrons. The molecule has 0 spiro atoms. The van der Waals surface area contributed by atoms with Crippen molar-refractivity contribution in [3.05, 3.63) is 78.6 Å². The molecule has 2 N–H and O–H groups in total. The Morgan fingerprint density at radius 2 is 1.93 bits per heavy atom. The van der Waals surface area contributed by atoms with E-state index in [0.29, 0.717) is 11.1 Å². The van der Waals surface area contributed by atoms with E-state index in [-0.39, 0.29) is 31.2 Å². The summed E-state index contributed by atoms with van der Waals surface area (Å²) in [6, 6.07) is 13.2. The number of hydrogen-bond acceptors (Lipinski definition) is 3. The van der Waals surface area contributed by atoms with Crippen LogP contribution >= 0.6 is 22.6 Å². The average molecular weight is 476 g/mol. The lowest BCUT2D eigenvalue weighted by Gasteiger charge is -2.22.